The number of methoxy groups -OCH3 is 2. The quantitative estimate of drug-likeness (QED) is 0.605. The molecule has 3 aromatic carbocycles. The summed E-state index contributed by atoms with van der Waals surface area (Å²) in [5, 5.41) is 17.6. The second-order valence-corrected chi connectivity index (χ2v) is 6.83. The first-order chi connectivity index (χ1) is 14.2. The monoisotopic (exact) mass is 388 g/mol. The summed E-state index contributed by atoms with van der Waals surface area (Å²) in [6.45, 7) is 0. The van der Waals surface area contributed by atoms with E-state index in [1.54, 1.807) is 20.3 Å². The topological polar surface area (TPSA) is 62.8 Å². The van der Waals surface area contributed by atoms with Gasteiger partial charge in [-0.25, -0.2) is 0 Å². The van der Waals surface area contributed by atoms with Crippen molar-refractivity contribution in [2.24, 2.45) is 0 Å². The number of aromatic hydroxyl groups is 1. The van der Waals surface area contributed by atoms with E-state index in [1.807, 2.05) is 66.7 Å². The molecular formula is C24H24N2O3. The van der Waals surface area contributed by atoms with Crippen LogP contribution in [0.3, 0.4) is 0 Å². The number of nitrogens with one attached hydrogen (secondary N) is 2. The van der Waals surface area contributed by atoms with Crippen LogP contribution >= 0.6 is 0 Å². The van der Waals surface area contributed by atoms with Gasteiger partial charge in [-0.2, -0.15) is 0 Å². The van der Waals surface area contributed by atoms with E-state index >= 15 is 0 Å². The molecule has 0 bridgehead atoms. The van der Waals surface area contributed by atoms with Crippen molar-refractivity contribution in [1.29, 1.82) is 0 Å². The van der Waals surface area contributed by atoms with E-state index in [0.29, 0.717) is 0 Å². The molecule has 4 rings (SSSR count). The Bertz CT molecular complexity index is 1010. The maximum Gasteiger partial charge on any atom is 0.125 e. The van der Waals surface area contributed by atoms with Crippen LogP contribution in [-0.4, -0.2) is 19.3 Å². The van der Waals surface area contributed by atoms with Crippen molar-refractivity contribution in [2.75, 3.05) is 14.2 Å². The van der Waals surface area contributed by atoms with Gasteiger partial charge in [-0.05, 0) is 48.0 Å². The molecule has 3 aromatic rings. The standard InChI is InChI=1S/C24H24N2O3/c1-28-17-13-11-16(12-14-17)20-15-21(18-7-3-5-9-22(18)27)26-24(25-20)19-8-4-6-10-23(19)29-2/h3-15,21,24-27H,1-2H3. The van der Waals surface area contributed by atoms with Crippen LogP contribution in [0.4, 0.5) is 0 Å². The number of hydrogen-bond acceptors (Lipinski definition) is 5. The molecule has 0 aliphatic carbocycles. The second kappa shape index (κ2) is 8.29. The Balaban J connectivity index is 1.76. The van der Waals surface area contributed by atoms with E-state index in [0.717, 1.165) is 33.9 Å². The third kappa shape index (κ3) is 3.91. The maximum absolute atomic E-state index is 10.4. The highest BCUT2D eigenvalue weighted by molar-refractivity contribution is 5.67. The number of para-hydroxylation sites is 2. The molecule has 0 fully saturated rings. The minimum absolute atomic E-state index is 0.176. The minimum Gasteiger partial charge on any atom is -0.508 e. The van der Waals surface area contributed by atoms with Gasteiger partial charge in [-0.3, -0.25) is 5.32 Å². The Morgan fingerprint density at radius 1 is 0.793 bits per heavy atom. The zero-order valence-corrected chi connectivity index (χ0v) is 16.4. The number of rotatable bonds is 5. The van der Waals surface area contributed by atoms with Gasteiger partial charge in [0.15, 0.2) is 0 Å². The molecule has 0 saturated carbocycles. The molecule has 0 radical (unpaired) electrons. The Morgan fingerprint density at radius 2 is 1.48 bits per heavy atom. The van der Waals surface area contributed by atoms with Crippen molar-refractivity contribution < 1.29 is 14.6 Å². The minimum atomic E-state index is -0.196. The Kier molecular flexibility index (Phi) is 5.40. The van der Waals surface area contributed by atoms with Gasteiger partial charge >= 0.3 is 0 Å². The summed E-state index contributed by atoms with van der Waals surface area (Å²) < 4.78 is 10.9. The van der Waals surface area contributed by atoms with E-state index in [4.69, 9.17) is 9.47 Å². The predicted octanol–water partition coefficient (Wildman–Crippen LogP) is 4.38. The molecule has 1 heterocycles. The van der Waals surface area contributed by atoms with Crippen molar-refractivity contribution in [2.45, 2.75) is 12.2 Å². The van der Waals surface area contributed by atoms with Crippen LogP contribution in [0.1, 0.15) is 28.9 Å². The SMILES string of the molecule is COc1ccc(C2=CC(c3ccccc3O)NC(c3ccccc3OC)N2)cc1. The van der Waals surface area contributed by atoms with E-state index in [-0.39, 0.29) is 18.0 Å². The Hall–Kier alpha value is -3.44. The molecule has 2 atom stereocenters. The highest BCUT2D eigenvalue weighted by Crippen LogP contribution is 2.35. The highest BCUT2D eigenvalue weighted by Gasteiger charge is 2.27. The lowest BCUT2D eigenvalue weighted by Gasteiger charge is -2.34. The Labute approximate surface area is 170 Å². The van der Waals surface area contributed by atoms with Crippen LogP contribution in [0.25, 0.3) is 5.70 Å². The fraction of sp³-hybridized carbons (Fsp3) is 0.167. The first-order valence-corrected chi connectivity index (χ1v) is 9.49. The zero-order valence-electron chi connectivity index (χ0n) is 16.4. The van der Waals surface area contributed by atoms with Crippen LogP contribution in [0.15, 0.2) is 78.9 Å². The number of phenols is 1. The number of hydrogen-bond donors (Lipinski definition) is 3. The zero-order chi connectivity index (χ0) is 20.2. The van der Waals surface area contributed by atoms with Gasteiger partial charge in [0.1, 0.15) is 23.4 Å². The Morgan fingerprint density at radius 3 is 2.17 bits per heavy atom. The van der Waals surface area contributed by atoms with Gasteiger partial charge in [0.2, 0.25) is 0 Å². The molecule has 1 aliphatic heterocycles. The first-order valence-electron chi connectivity index (χ1n) is 9.49. The summed E-state index contributed by atoms with van der Waals surface area (Å²) >= 11 is 0. The molecular weight excluding hydrogens is 364 g/mol. The van der Waals surface area contributed by atoms with Gasteiger partial charge in [0.25, 0.3) is 0 Å². The summed E-state index contributed by atoms with van der Waals surface area (Å²) in [4.78, 5) is 0. The summed E-state index contributed by atoms with van der Waals surface area (Å²) in [7, 11) is 3.32. The molecule has 0 amide bonds. The summed E-state index contributed by atoms with van der Waals surface area (Å²) in [6.07, 6.45) is 1.89. The normalized spacial score (nSPS) is 18.5. The molecule has 0 saturated heterocycles. The van der Waals surface area contributed by atoms with E-state index < -0.39 is 0 Å². The van der Waals surface area contributed by atoms with Crippen molar-refractivity contribution in [1.82, 2.24) is 10.6 Å². The summed E-state index contributed by atoms with van der Waals surface area (Å²) in [5.41, 5.74) is 3.82. The molecule has 2 unspecified atom stereocenters. The molecule has 148 valence electrons. The fourth-order valence-corrected chi connectivity index (χ4v) is 3.59. The molecule has 5 nitrogen and oxygen atoms in total. The van der Waals surface area contributed by atoms with Crippen LogP contribution in [0.2, 0.25) is 0 Å². The third-order valence-electron chi connectivity index (χ3n) is 5.10. The lowest BCUT2D eigenvalue weighted by Crippen LogP contribution is -2.39. The van der Waals surface area contributed by atoms with Gasteiger partial charge < -0.3 is 19.9 Å². The number of benzene rings is 3. The predicted molar refractivity (Wildman–Crippen MR) is 114 cm³/mol. The molecule has 5 heteroatoms. The van der Waals surface area contributed by atoms with Crippen molar-refractivity contribution in [3.8, 4) is 17.2 Å². The summed E-state index contributed by atoms with van der Waals surface area (Å²) in [6, 6.07) is 23.0. The van der Waals surface area contributed by atoms with Gasteiger partial charge in [0.05, 0.1) is 20.3 Å². The van der Waals surface area contributed by atoms with Crippen LogP contribution in [-0.2, 0) is 0 Å². The number of ether oxygens (including phenoxy) is 2. The average molecular weight is 388 g/mol. The average Bonchev–Trinajstić information content (AvgIpc) is 2.79. The fourth-order valence-electron chi connectivity index (χ4n) is 3.59. The lowest BCUT2D eigenvalue weighted by atomic mass is 9.97. The number of phenolic OH excluding ortho intramolecular Hbond substituents is 1. The largest absolute Gasteiger partial charge is 0.508 e. The van der Waals surface area contributed by atoms with Crippen LogP contribution < -0.4 is 20.1 Å². The molecule has 3 N–H and O–H groups in total. The molecule has 0 spiro atoms. The van der Waals surface area contributed by atoms with E-state index in [2.05, 4.69) is 16.7 Å². The van der Waals surface area contributed by atoms with Gasteiger partial charge in [-0.1, -0.05) is 36.4 Å². The summed E-state index contributed by atoms with van der Waals surface area (Å²) in [5.74, 6) is 1.86. The van der Waals surface area contributed by atoms with Crippen LogP contribution in [0.5, 0.6) is 17.2 Å². The first kappa shape index (κ1) is 18.9. The second-order valence-electron chi connectivity index (χ2n) is 6.83. The van der Waals surface area contributed by atoms with Gasteiger partial charge in [0, 0.05) is 16.8 Å². The molecule has 1 aliphatic rings. The van der Waals surface area contributed by atoms with E-state index in [1.165, 1.54) is 0 Å². The molecule has 29 heavy (non-hydrogen) atoms. The van der Waals surface area contributed by atoms with Crippen molar-refractivity contribution in [3.63, 3.8) is 0 Å². The van der Waals surface area contributed by atoms with E-state index in [9.17, 15) is 5.11 Å². The lowest BCUT2D eigenvalue weighted by molar-refractivity contribution is 0.379. The van der Waals surface area contributed by atoms with Crippen molar-refractivity contribution in [3.05, 3.63) is 95.6 Å². The van der Waals surface area contributed by atoms with Gasteiger partial charge in [-0.15, -0.1) is 0 Å². The molecule has 0 aromatic heterocycles. The highest BCUT2D eigenvalue weighted by atomic mass is 16.5. The maximum atomic E-state index is 10.4. The smallest absolute Gasteiger partial charge is 0.125 e. The van der Waals surface area contributed by atoms with Crippen molar-refractivity contribution >= 4 is 5.70 Å². The third-order valence-corrected chi connectivity index (χ3v) is 5.10. The van der Waals surface area contributed by atoms with Crippen LogP contribution in [0, 0.1) is 0 Å².